The van der Waals surface area contributed by atoms with Gasteiger partial charge in [-0.05, 0) is 32.2 Å². The van der Waals surface area contributed by atoms with Crippen LogP contribution in [0.4, 0.5) is 0 Å². The van der Waals surface area contributed by atoms with Crippen molar-refractivity contribution < 1.29 is 4.79 Å². The molecule has 2 aliphatic rings. The van der Waals surface area contributed by atoms with E-state index in [1.165, 1.54) is 6.42 Å². The lowest BCUT2D eigenvalue weighted by Crippen LogP contribution is -2.37. The molecule has 1 amide bonds. The fourth-order valence-electron chi connectivity index (χ4n) is 2.18. The quantitative estimate of drug-likeness (QED) is 0.657. The molecule has 1 unspecified atom stereocenters. The molecule has 0 saturated carbocycles. The molecule has 3 nitrogen and oxygen atoms in total. The third-order valence-electron chi connectivity index (χ3n) is 2.97. The molecule has 3 heteroatoms. The minimum atomic E-state index is 0.207. The zero-order valence-electron chi connectivity index (χ0n) is 8.46. The Morgan fingerprint density at radius 3 is 2.86 bits per heavy atom. The Kier molecular flexibility index (Phi) is 3.19. The molecule has 0 aromatic carbocycles. The summed E-state index contributed by atoms with van der Waals surface area (Å²) in [6.45, 7) is 1.07. The van der Waals surface area contributed by atoms with E-state index in [2.05, 4.69) is 22.8 Å². The van der Waals surface area contributed by atoms with E-state index in [4.69, 9.17) is 0 Å². The van der Waals surface area contributed by atoms with Gasteiger partial charge in [-0.1, -0.05) is 12.2 Å². The second-order valence-electron chi connectivity index (χ2n) is 4.20. The molecule has 2 N–H and O–H groups in total. The summed E-state index contributed by atoms with van der Waals surface area (Å²) in [4.78, 5) is 11.6. The number of amides is 1. The molecule has 0 aromatic rings. The lowest BCUT2D eigenvalue weighted by molar-refractivity contribution is -0.122. The molecular weight excluding hydrogens is 176 g/mol. The first-order chi connectivity index (χ1) is 6.84. The summed E-state index contributed by atoms with van der Waals surface area (Å²) < 4.78 is 0. The number of nitrogens with one attached hydrogen (secondary N) is 2. The van der Waals surface area contributed by atoms with Crippen LogP contribution in [0.25, 0.3) is 0 Å². The van der Waals surface area contributed by atoms with Crippen molar-refractivity contribution in [2.45, 2.75) is 44.2 Å². The van der Waals surface area contributed by atoms with E-state index in [0.717, 1.165) is 25.8 Å². The summed E-state index contributed by atoms with van der Waals surface area (Å²) in [6.07, 6.45) is 9.29. The molecule has 14 heavy (non-hydrogen) atoms. The van der Waals surface area contributed by atoms with Crippen LogP contribution in [0.1, 0.15) is 32.1 Å². The van der Waals surface area contributed by atoms with Crippen LogP contribution in [0.3, 0.4) is 0 Å². The molecule has 0 aromatic heterocycles. The molecular formula is C11H18N2O. The molecule has 1 fully saturated rings. The highest BCUT2D eigenvalue weighted by Gasteiger charge is 2.19. The smallest absolute Gasteiger partial charge is 0.221 e. The van der Waals surface area contributed by atoms with Crippen LogP contribution in [0.2, 0.25) is 0 Å². The van der Waals surface area contributed by atoms with Crippen LogP contribution >= 0.6 is 0 Å². The lowest BCUT2D eigenvalue weighted by Gasteiger charge is -2.14. The highest BCUT2D eigenvalue weighted by Crippen LogP contribution is 2.11. The van der Waals surface area contributed by atoms with Crippen LogP contribution in [-0.4, -0.2) is 24.5 Å². The molecule has 1 saturated heterocycles. The minimum absolute atomic E-state index is 0.207. The summed E-state index contributed by atoms with van der Waals surface area (Å²) in [6, 6.07) is 0.785. The van der Waals surface area contributed by atoms with E-state index in [0.29, 0.717) is 18.5 Å². The van der Waals surface area contributed by atoms with Crippen molar-refractivity contribution in [2.24, 2.45) is 0 Å². The van der Waals surface area contributed by atoms with Crippen molar-refractivity contribution in [1.82, 2.24) is 10.6 Å². The van der Waals surface area contributed by atoms with Crippen molar-refractivity contribution in [1.29, 1.82) is 0 Å². The average molecular weight is 194 g/mol. The largest absolute Gasteiger partial charge is 0.353 e. The number of carbonyl (C=O) groups is 1. The van der Waals surface area contributed by atoms with E-state index in [-0.39, 0.29) is 5.91 Å². The zero-order valence-corrected chi connectivity index (χ0v) is 8.46. The summed E-state index contributed by atoms with van der Waals surface area (Å²) in [5.74, 6) is 0.207. The number of carbonyl (C=O) groups excluding carboxylic acids is 1. The fourth-order valence-corrected chi connectivity index (χ4v) is 2.18. The van der Waals surface area contributed by atoms with Gasteiger partial charge in [-0.2, -0.15) is 0 Å². The molecule has 1 heterocycles. The molecule has 1 aliphatic carbocycles. The maximum Gasteiger partial charge on any atom is 0.221 e. The summed E-state index contributed by atoms with van der Waals surface area (Å²) in [5, 5.41) is 6.40. The first-order valence-electron chi connectivity index (χ1n) is 5.52. The molecule has 2 rings (SSSR count). The second kappa shape index (κ2) is 4.60. The highest BCUT2D eigenvalue weighted by atomic mass is 16.1. The van der Waals surface area contributed by atoms with Crippen LogP contribution in [0.15, 0.2) is 12.2 Å². The van der Waals surface area contributed by atoms with E-state index in [1.807, 2.05) is 0 Å². The molecule has 0 radical (unpaired) electrons. The number of hydrogen-bond donors (Lipinski definition) is 2. The number of hydrogen-bond acceptors (Lipinski definition) is 2. The van der Waals surface area contributed by atoms with E-state index in [1.54, 1.807) is 0 Å². The first kappa shape index (κ1) is 9.71. The van der Waals surface area contributed by atoms with Crippen molar-refractivity contribution >= 4 is 5.91 Å². The predicted molar refractivity (Wildman–Crippen MR) is 55.9 cm³/mol. The first-order valence-corrected chi connectivity index (χ1v) is 5.52. The van der Waals surface area contributed by atoms with Crippen molar-refractivity contribution in [3.05, 3.63) is 12.2 Å². The van der Waals surface area contributed by atoms with Crippen LogP contribution < -0.4 is 10.6 Å². The van der Waals surface area contributed by atoms with Crippen LogP contribution in [-0.2, 0) is 4.79 Å². The van der Waals surface area contributed by atoms with Crippen molar-refractivity contribution in [2.75, 3.05) is 6.54 Å². The number of rotatable bonds is 3. The second-order valence-corrected chi connectivity index (χ2v) is 4.20. The SMILES string of the molecule is O=C(CC1CCCN1)NC1CC=CC1. The van der Waals surface area contributed by atoms with E-state index >= 15 is 0 Å². The van der Waals surface area contributed by atoms with Crippen LogP contribution in [0.5, 0.6) is 0 Å². The lowest BCUT2D eigenvalue weighted by atomic mass is 10.1. The molecule has 1 atom stereocenters. The Labute approximate surface area is 84.9 Å². The van der Waals surface area contributed by atoms with Crippen molar-refractivity contribution in [3.63, 3.8) is 0 Å². The molecule has 0 bridgehead atoms. The average Bonchev–Trinajstić information content (AvgIpc) is 2.76. The van der Waals surface area contributed by atoms with Gasteiger partial charge >= 0.3 is 0 Å². The summed E-state index contributed by atoms with van der Waals surface area (Å²) >= 11 is 0. The predicted octanol–water partition coefficient (Wildman–Crippen LogP) is 0.963. The third kappa shape index (κ3) is 2.58. The Morgan fingerprint density at radius 2 is 2.21 bits per heavy atom. The van der Waals surface area contributed by atoms with E-state index < -0.39 is 0 Å². The normalized spacial score (nSPS) is 27.0. The van der Waals surface area contributed by atoms with Crippen molar-refractivity contribution in [3.8, 4) is 0 Å². The monoisotopic (exact) mass is 194 g/mol. The van der Waals surface area contributed by atoms with E-state index in [9.17, 15) is 4.79 Å². The van der Waals surface area contributed by atoms with Gasteiger partial charge in [0.25, 0.3) is 0 Å². The van der Waals surface area contributed by atoms with Gasteiger partial charge in [0.1, 0.15) is 0 Å². The van der Waals surface area contributed by atoms with Gasteiger partial charge in [0, 0.05) is 18.5 Å². The maximum absolute atomic E-state index is 11.6. The topological polar surface area (TPSA) is 41.1 Å². The maximum atomic E-state index is 11.6. The van der Waals surface area contributed by atoms with Gasteiger partial charge in [0.05, 0.1) is 0 Å². The van der Waals surface area contributed by atoms with Gasteiger partial charge in [-0.3, -0.25) is 4.79 Å². The van der Waals surface area contributed by atoms with Gasteiger partial charge in [-0.25, -0.2) is 0 Å². The Morgan fingerprint density at radius 1 is 1.43 bits per heavy atom. The highest BCUT2D eigenvalue weighted by molar-refractivity contribution is 5.77. The Hall–Kier alpha value is -0.830. The van der Waals surface area contributed by atoms with Gasteiger partial charge in [0.15, 0.2) is 0 Å². The minimum Gasteiger partial charge on any atom is -0.353 e. The summed E-state index contributed by atoms with van der Waals surface area (Å²) in [7, 11) is 0. The molecule has 1 aliphatic heterocycles. The molecule has 0 spiro atoms. The Bertz CT molecular complexity index is 217. The third-order valence-corrected chi connectivity index (χ3v) is 2.97. The zero-order chi connectivity index (χ0) is 9.80. The van der Waals surface area contributed by atoms with Crippen LogP contribution in [0, 0.1) is 0 Å². The Balaban J connectivity index is 1.67. The molecule has 78 valence electrons. The van der Waals surface area contributed by atoms with Gasteiger partial charge in [-0.15, -0.1) is 0 Å². The summed E-state index contributed by atoms with van der Waals surface area (Å²) in [5.41, 5.74) is 0. The fraction of sp³-hybridized carbons (Fsp3) is 0.727. The van der Waals surface area contributed by atoms with Gasteiger partial charge in [0.2, 0.25) is 5.91 Å². The standard InChI is InChI=1S/C11H18N2O/c14-11(8-10-6-3-7-12-10)13-9-4-1-2-5-9/h1-2,9-10,12H,3-8H2,(H,13,14). The van der Waals surface area contributed by atoms with Gasteiger partial charge < -0.3 is 10.6 Å².